The molecule has 6 nitrogen and oxygen atoms in total. The molecule has 1 aliphatic heterocycles. The molecule has 0 bridgehead atoms. The molecule has 0 N–H and O–H groups in total. The van der Waals surface area contributed by atoms with Gasteiger partial charge in [-0.3, -0.25) is 4.90 Å². The average molecular weight is 381 g/mol. The molecule has 1 aromatic heterocycles. The second-order valence-electron chi connectivity index (χ2n) is 7.06. The van der Waals surface area contributed by atoms with Crippen LogP contribution in [0.5, 0.6) is 11.8 Å². The molecule has 1 aromatic carbocycles. The van der Waals surface area contributed by atoms with Crippen LogP contribution in [0.4, 0.5) is 18.0 Å². The van der Waals surface area contributed by atoms with Gasteiger partial charge < -0.3 is 9.47 Å². The maximum Gasteiger partial charge on any atom is 0.419 e. The molecule has 0 unspecified atom stereocenters. The lowest BCUT2D eigenvalue weighted by atomic mass is 10.2. The summed E-state index contributed by atoms with van der Waals surface area (Å²) in [4.78, 5) is 21.7. The van der Waals surface area contributed by atoms with Gasteiger partial charge in [0, 0.05) is 11.8 Å². The monoisotopic (exact) mass is 381 g/mol. The molecule has 2 heterocycles. The number of amides is 1. The zero-order valence-electron chi connectivity index (χ0n) is 15.0. The lowest BCUT2D eigenvalue weighted by Gasteiger charge is -2.23. The fourth-order valence-corrected chi connectivity index (χ4v) is 2.53. The minimum Gasteiger partial charge on any atom is -0.444 e. The van der Waals surface area contributed by atoms with E-state index in [2.05, 4.69) is 9.97 Å². The zero-order chi connectivity index (χ0) is 19.8. The Morgan fingerprint density at radius 2 is 1.85 bits per heavy atom. The van der Waals surface area contributed by atoms with Crippen molar-refractivity contribution in [3.05, 3.63) is 47.3 Å². The molecule has 1 aliphatic rings. The third-order valence-corrected chi connectivity index (χ3v) is 3.68. The van der Waals surface area contributed by atoms with Crippen LogP contribution < -0.4 is 4.74 Å². The summed E-state index contributed by atoms with van der Waals surface area (Å²) in [6.07, 6.45) is -3.61. The molecular weight excluding hydrogens is 363 g/mol. The summed E-state index contributed by atoms with van der Waals surface area (Å²) in [6, 6.07) is 4.62. The lowest BCUT2D eigenvalue weighted by Crippen LogP contribution is -2.33. The van der Waals surface area contributed by atoms with Crippen molar-refractivity contribution in [2.24, 2.45) is 0 Å². The van der Waals surface area contributed by atoms with Gasteiger partial charge in [-0.2, -0.15) is 18.2 Å². The van der Waals surface area contributed by atoms with E-state index >= 15 is 0 Å². The number of nitrogens with zero attached hydrogens (tertiary/aromatic N) is 3. The van der Waals surface area contributed by atoms with E-state index in [1.807, 2.05) is 0 Å². The highest BCUT2D eigenvalue weighted by atomic mass is 19.4. The molecule has 144 valence electrons. The van der Waals surface area contributed by atoms with E-state index in [0.29, 0.717) is 11.3 Å². The van der Waals surface area contributed by atoms with Gasteiger partial charge in [0.05, 0.1) is 24.3 Å². The minimum atomic E-state index is -4.55. The number of hydrogen-bond donors (Lipinski definition) is 0. The van der Waals surface area contributed by atoms with Crippen molar-refractivity contribution >= 4 is 6.09 Å². The van der Waals surface area contributed by atoms with E-state index < -0.39 is 23.4 Å². The second kappa shape index (κ2) is 6.71. The van der Waals surface area contributed by atoms with Gasteiger partial charge in [0.25, 0.3) is 0 Å². The molecule has 0 radical (unpaired) electrons. The van der Waals surface area contributed by atoms with Crippen LogP contribution in [0.15, 0.2) is 30.5 Å². The van der Waals surface area contributed by atoms with E-state index in [1.165, 1.54) is 29.3 Å². The lowest BCUT2D eigenvalue weighted by molar-refractivity contribution is -0.138. The van der Waals surface area contributed by atoms with Crippen LogP contribution in [0.1, 0.15) is 37.6 Å². The van der Waals surface area contributed by atoms with Crippen molar-refractivity contribution in [3.8, 4) is 11.8 Å². The van der Waals surface area contributed by atoms with Gasteiger partial charge in [-0.05, 0) is 32.9 Å². The number of para-hydroxylation sites is 1. The van der Waals surface area contributed by atoms with E-state index in [0.717, 1.165) is 6.07 Å². The van der Waals surface area contributed by atoms with Crippen LogP contribution in [0.25, 0.3) is 0 Å². The van der Waals surface area contributed by atoms with E-state index in [1.54, 1.807) is 20.8 Å². The van der Waals surface area contributed by atoms with Crippen LogP contribution in [-0.4, -0.2) is 26.6 Å². The molecule has 0 saturated carbocycles. The number of carbonyl (C=O) groups is 1. The Labute approximate surface area is 153 Å². The summed E-state index contributed by atoms with van der Waals surface area (Å²) >= 11 is 0. The molecule has 0 fully saturated rings. The second-order valence-corrected chi connectivity index (χ2v) is 7.06. The van der Waals surface area contributed by atoms with E-state index in [9.17, 15) is 18.0 Å². The fraction of sp³-hybridized carbons (Fsp3) is 0.389. The molecule has 27 heavy (non-hydrogen) atoms. The van der Waals surface area contributed by atoms with Gasteiger partial charge in [-0.25, -0.2) is 9.78 Å². The average Bonchev–Trinajstić information content (AvgIpc) is 2.96. The minimum absolute atomic E-state index is 0.171. The summed E-state index contributed by atoms with van der Waals surface area (Å²) in [7, 11) is 0. The highest BCUT2D eigenvalue weighted by Gasteiger charge is 2.35. The third kappa shape index (κ3) is 4.47. The molecule has 1 amide bonds. The largest absolute Gasteiger partial charge is 0.444 e. The molecule has 0 spiro atoms. The Hall–Kier alpha value is -2.84. The van der Waals surface area contributed by atoms with Gasteiger partial charge in [0.15, 0.2) is 0 Å². The van der Waals surface area contributed by atoms with Crippen molar-refractivity contribution in [1.82, 2.24) is 14.9 Å². The molecule has 2 aromatic rings. The Morgan fingerprint density at radius 1 is 1.15 bits per heavy atom. The Morgan fingerprint density at radius 3 is 2.52 bits per heavy atom. The maximum absolute atomic E-state index is 13.1. The van der Waals surface area contributed by atoms with E-state index in [4.69, 9.17) is 9.47 Å². The number of carbonyl (C=O) groups excluding carboxylic acids is 1. The fourth-order valence-electron chi connectivity index (χ4n) is 2.53. The van der Waals surface area contributed by atoms with E-state index in [-0.39, 0.29) is 24.8 Å². The number of hydrogen-bond acceptors (Lipinski definition) is 5. The first kappa shape index (κ1) is 18.9. The number of alkyl halides is 3. The summed E-state index contributed by atoms with van der Waals surface area (Å²) in [5.41, 5.74) is -0.343. The molecule has 0 saturated heterocycles. The third-order valence-electron chi connectivity index (χ3n) is 3.68. The van der Waals surface area contributed by atoms with Crippen LogP contribution >= 0.6 is 0 Å². The number of halogens is 3. The molecule has 3 rings (SSSR count). The quantitative estimate of drug-likeness (QED) is 0.764. The van der Waals surface area contributed by atoms with Gasteiger partial charge in [0.1, 0.15) is 11.4 Å². The van der Waals surface area contributed by atoms with Crippen molar-refractivity contribution in [3.63, 3.8) is 0 Å². The topological polar surface area (TPSA) is 64.5 Å². The predicted octanol–water partition coefficient (Wildman–Crippen LogP) is 4.54. The molecule has 0 aliphatic carbocycles. The summed E-state index contributed by atoms with van der Waals surface area (Å²) in [5, 5.41) is 0. The predicted molar refractivity (Wildman–Crippen MR) is 89.0 cm³/mol. The first-order chi connectivity index (χ1) is 12.5. The Bertz CT molecular complexity index is 863. The van der Waals surface area contributed by atoms with Crippen LogP contribution in [0, 0.1) is 0 Å². The number of fused-ring (bicyclic) bond motifs is 1. The molecule has 0 atom stereocenters. The Kier molecular flexibility index (Phi) is 4.71. The SMILES string of the molecule is CC(C)(C)OC(=O)N1Cc2cnc(Oc3ccccc3C(F)(F)F)nc2C1. The van der Waals surface area contributed by atoms with Crippen molar-refractivity contribution in [1.29, 1.82) is 0 Å². The van der Waals surface area contributed by atoms with Gasteiger partial charge in [-0.15, -0.1) is 0 Å². The smallest absolute Gasteiger partial charge is 0.419 e. The highest BCUT2D eigenvalue weighted by molar-refractivity contribution is 5.69. The van der Waals surface area contributed by atoms with Gasteiger partial charge in [-0.1, -0.05) is 12.1 Å². The molecular formula is C18H18F3N3O3. The summed E-state index contributed by atoms with van der Waals surface area (Å²) in [5.74, 6) is -0.382. The van der Waals surface area contributed by atoms with Gasteiger partial charge in [0.2, 0.25) is 0 Å². The number of rotatable bonds is 2. The summed E-state index contributed by atoms with van der Waals surface area (Å²) in [6.45, 7) is 5.72. The van der Waals surface area contributed by atoms with Crippen molar-refractivity contribution in [2.75, 3.05) is 0 Å². The van der Waals surface area contributed by atoms with Crippen LogP contribution in [0.2, 0.25) is 0 Å². The van der Waals surface area contributed by atoms with Crippen LogP contribution in [-0.2, 0) is 24.0 Å². The first-order valence-corrected chi connectivity index (χ1v) is 8.20. The molecule has 9 heteroatoms. The highest BCUT2D eigenvalue weighted by Crippen LogP contribution is 2.37. The standard InChI is InChI=1S/C18H18F3N3O3/c1-17(2,3)27-16(25)24-9-11-8-22-15(23-13(11)10-24)26-14-7-5-4-6-12(14)18(19,20)21/h4-8H,9-10H2,1-3H3. The van der Waals surface area contributed by atoms with Crippen molar-refractivity contribution in [2.45, 2.75) is 45.6 Å². The van der Waals surface area contributed by atoms with Crippen LogP contribution in [0.3, 0.4) is 0 Å². The number of ether oxygens (including phenoxy) is 2. The summed E-state index contributed by atoms with van der Waals surface area (Å²) < 4.78 is 49.8. The first-order valence-electron chi connectivity index (χ1n) is 8.20. The van der Waals surface area contributed by atoms with Gasteiger partial charge >= 0.3 is 18.3 Å². The zero-order valence-corrected chi connectivity index (χ0v) is 15.0. The number of benzene rings is 1. The Balaban J connectivity index is 1.77. The maximum atomic E-state index is 13.1. The van der Waals surface area contributed by atoms with Crippen molar-refractivity contribution < 1.29 is 27.4 Å². The number of aromatic nitrogens is 2. The normalized spacial score (nSPS) is 14.1.